The van der Waals surface area contributed by atoms with Gasteiger partial charge in [-0.2, -0.15) is 0 Å². The number of aliphatic carboxylic acids is 1. The second-order valence-corrected chi connectivity index (χ2v) is 4.77. The Balaban J connectivity index is 2.54. The highest BCUT2D eigenvalue weighted by molar-refractivity contribution is 5.88. The molecule has 1 unspecified atom stereocenters. The van der Waals surface area contributed by atoms with Gasteiger partial charge in [0, 0.05) is 19.6 Å². The first kappa shape index (κ1) is 16.0. The van der Waals surface area contributed by atoms with Gasteiger partial charge in [0.2, 0.25) is 5.91 Å². The molecule has 1 fully saturated rings. The molecule has 1 aliphatic rings. The lowest BCUT2D eigenvalue weighted by atomic mass is 10.3. The summed E-state index contributed by atoms with van der Waals surface area (Å²) in [6.07, 6.45) is 3.40. The van der Waals surface area contributed by atoms with Crippen LogP contribution in [0.25, 0.3) is 0 Å². The fourth-order valence-corrected chi connectivity index (χ4v) is 2.09. The van der Waals surface area contributed by atoms with Crippen molar-refractivity contribution < 1.29 is 19.5 Å². The van der Waals surface area contributed by atoms with Crippen LogP contribution in [0, 0.1) is 0 Å². The van der Waals surface area contributed by atoms with E-state index >= 15 is 0 Å². The number of carboxylic acid groups (broad SMARTS) is 1. The molecular formula is C13H21N3O4. The van der Waals surface area contributed by atoms with Gasteiger partial charge in [-0.1, -0.05) is 6.08 Å². The zero-order valence-corrected chi connectivity index (χ0v) is 11.7. The molecule has 1 saturated heterocycles. The average molecular weight is 283 g/mol. The van der Waals surface area contributed by atoms with Crippen LogP contribution < -0.4 is 5.32 Å². The van der Waals surface area contributed by atoms with Crippen LogP contribution in [0.2, 0.25) is 0 Å². The summed E-state index contributed by atoms with van der Waals surface area (Å²) in [5, 5.41) is 11.3. The van der Waals surface area contributed by atoms with Crippen molar-refractivity contribution in [2.75, 3.05) is 26.2 Å². The zero-order chi connectivity index (χ0) is 15.1. The van der Waals surface area contributed by atoms with Crippen LogP contribution >= 0.6 is 0 Å². The number of nitrogens with zero attached hydrogens (tertiary/aromatic N) is 2. The summed E-state index contributed by atoms with van der Waals surface area (Å²) in [6.45, 7) is 6.19. The Morgan fingerprint density at radius 1 is 1.40 bits per heavy atom. The second-order valence-electron chi connectivity index (χ2n) is 4.77. The van der Waals surface area contributed by atoms with E-state index in [-0.39, 0.29) is 12.5 Å². The first-order valence-corrected chi connectivity index (χ1v) is 6.62. The van der Waals surface area contributed by atoms with Crippen LogP contribution in [0.1, 0.15) is 19.8 Å². The van der Waals surface area contributed by atoms with Gasteiger partial charge in [0.05, 0.1) is 0 Å². The van der Waals surface area contributed by atoms with E-state index in [1.165, 1.54) is 6.08 Å². The van der Waals surface area contributed by atoms with Crippen molar-refractivity contribution in [1.82, 2.24) is 15.1 Å². The number of urea groups is 1. The first-order valence-electron chi connectivity index (χ1n) is 6.62. The number of amides is 3. The molecule has 0 aliphatic carbocycles. The molecule has 7 nitrogen and oxygen atoms in total. The summed E-state index contributed by atoms with van der Waals surface area (Å²) in [7, 11) is 0. The van der Waals surface area contributed by atoms with Gasteiger partial charge >= 0.3 is 12.0 Å². The summed E-state index contributed by atoms with van der Waals surface area (Å²) in [5.41, 5.74) is 0. The van der Waals surface area contributed by atoms with Crippen molar-refractivity contribution in [3.8, 4) is 0 Å². The summed E-state index contributed by atoms with van der Waals surface area (Å²) in [6, 6.07) is -1.24. The zero-order valence-electron chi connectivity index (χ0n) is 11.7. The van der Waals surface area contributed by atoms with Gasteiger partial charge in [0.1, 0.15) is 12.6 Å². The van der Waals surface area contributed by atoms with Gasteiger partial charge in [0.25, 0.3) is 0 Å². The Labute approximate surface area is 118 Å². The molecule has 0 bridgehead atoms. The molecule has 1 rings (SSSR count). The van der Waals surface area contributed by atoms with Crippen molar-refractivity contribution in [2.24, 2.45) is 0 Å². The van der Waals surface area contributed by atoms with Gasteiger partial charge in [0.15, 0.2) is 0 Å². The largest absolute Gasteiger partial charge is 0.480 e. The maximum Gasteiger partial charge on any atom is 0.323 e. The number of carbonyl (C=O) groups is 3. The molecule has 20 heavy (non-hydrogen) atoms. The third-order valence-electron chi connectivity index (χ3n) is 3.09. The van der Waals surface area contributed by atoms with Crippen molar-refractivity contribution in [3.05, 3.63) is 12.7 Å². The van der Waals surface area contributed by atoms with Crippen LogP contribution in [0.4, 0.5) is 4.79 Å². The number of hydrogen-bond donors (Lipinski definition) is 2. The lowest BCUT2D eigenvalue weighted by molar-refractivity contribution is -0.137. The molecule has 112 valence electrons. The molecule has 7 heteroatoms. The Bertz CT molecular complexity index is 391. The molecule has 0 aromatic heterocycles. The molecule has 0 saturated carbocycles. The second kappa shape index (κ2) is 7.52. The minimum Gasteiger partial charge on any atom is -0.480 e. The lowest BCUT2D eigenvalue weighted by Crippen LogP contribution is -2.51. The van der Waals surface area contributed by atoms with Crippen molar-refractivity contribution >= 4 is 17.9 Å². The third kappa shape index (κ3) is 4.56. The van der Waals surface area contributed by atoms with E-state index in [1.807, 2.05) is 0 Å². The monoisotopic (exact) mass is 283 g/mol. The fraction of sp³-hybridized carbons (Fsp3) is 0.615. The normalized spacial score (nSPS) is 15.6. The van der Waals surface area contributed by atoms with E-state index in [9.17, 15) is 14.4 Å². The Morgan fingerprint density at radius 3 is 2.50 bits per heavy atom. The number of carboxylic acids is 1. The van der Waals surface area contributed by atoms with Crippen LogP contribution in [-0.2, 0) is 9.59 Å². The van der Waals surface area contributed by atoms with Gasteiger partial charge in [-0.3, -0.25) is 9.59 Å². The van der Waals surface area contributed by atoms with Gasteiger partial charge in [-0.15, -0.1) is 6.58 Å². The Morgan fingerprint density at radius 2 is 2.00 bits per heavy atom. The number of carbonyl (C=O) groups excluding carboxylic acids is 2. The molecule has 1 heterocycles. The van der Waals surface area contributed by atoms with Crippen molar-refractivity contribution in [1.29, 1.82) is 0 Å². The van der Waals surface area contributed by atoms with Gasteiger partial charge in [-0.05, 0) is 19.8 Å². The molecule has 0 radical (unpaired) electrons. The van der Waals surface area contributed by atoms with E-state index in [0.29, 0.717) is 13.1 Å². The summed E-state index contributed by atoms with van der Waals surface area (Å²) in [4.78, 5) is 37.5. The summed E-state index contributed by atoms with van der Waals surface area (Å²) >= 11 is 0. The maximum atomic E-state index is 12.0. The standard InChI is InChI=1S/C13H21N3O4/c1-3-6-16(9-11(17)18)13(20)14-10(2)12(19)15-7-4-5-8-15/h3,10H,1,4-9H2,2H3,(H,14,20)(H,17,18). The summed E-state index contributed by atoms with van der Waals surface area (Å²) in [5.74, 6) is -1.25. The molecule has 2 N–H and O–H groups in total. The van der Waals surface area contributed by atoms with E-state index in [4.69, 9.17) is 5.11 Å². The fourth-order valence-electron chi connectivity index (χ4n) is 2.09. The van der Waals surface area contributed by atoms with Gasteiger partial charge in [-0.25, -0.2) is 4.79 Å². The number of hydrogen-bond acceptors (Lipinski definition) is 3. The Hall–Kier alpha value is -2.05. The molecule has 0 aromatic carbocycles. The van der Waals surface area contributed by atoms with Crippen LogP contribution in [0.15, 0.2) is 12.7 Å². The average Bonchev–Trinajstić information content (AvgIpc) is 2.90. The topological polar surface area (TPSA) is 90.0 Å². The highest BCUT2D eigenvalue weighted by atomic mass is 16.4. The van der Waals surface area contributed by atoms with Crippen LogP contribution in [-0.4, -0.2) is 65.0 Å². The van der Waals surface area contributed by atoms with Crippen molar-refractivity contribution in [2.45, 2.75) is 25.8 Å². The molecule has 0 spiro atoms. The van der Waals surface area contributed by atoms with E-state index < -0.39 is 24.6 Å². The first-order chi connectivity index (χ1) is 9.45. The number of rotatable bonds is 6. The highest BCUT2D eigenvalue weighted by Crippen LogP contribution is 2.09. The summed E-state index contributed by atoms with van der Waals surface area (Å²) < 4.78 is 0. The molecule has 0 aromatic rings. The SMILES string of the molecule is C=CCN(CC(=O)O)C(=O)NC(C)C(=O)N1CCCC1. The predicted molar refractivity (Wildman–Crippen MR) is 73.2 cm³/mol. The van der Waals surface area contributed by atoms with Crippen LogP contribution in [0.5, 0.6) is 0 Å². The molecular weight excluding hydrogens is 262 g/mol. The molecule has 1 atom stereocenters. The van der Waals surface area contributed by atoms with E-state index in [1.54, 1.807) is 11.8 Å². The highest BCUT2D eigenvalue weighted by Gasteiger charge is 2.26. The van der Waals surface area contributed by atoms with E-state index in [2.05, 4.69) is 11.9 Å². The third-order valence-corrected chi connectivity index (χ3v) is 3.09. The van der Waals surface area contributed by atoms with Gasteiger partial charge < -0.3 is 20.2 Å². The van der Waals surface area contributed by atoms with Crippen molar-refractivity contribution in [3.63, 3.8) is 0 Å². The minimum atomic E-state index is -1.11. The number of nitrogens with one attached hydrogen (secondary N) is 1. The Kier molecular flexibility index (Phi) is 6.02. The quantitative estimate of drug-likeness (QED) is 0.685. The van der Waals surface area contributed by atoms with Crippen LogP contribution in [0.3, 0.4) is 0 Å². The lowest BCUT2D eigenvalue weighted by Gasteiger charge is -2.25. The van der Waals surface area contributed by atoms with E-state index in [0.717, 1.165) is 17.7 Å². The molecule has 3 amide bonds. The minimum absolute atomic E-state index is 0.114. The smallest absolute Gasteiger partial charge is 0.323 e. The maximum absolute atomic E-state index is 12.0. The molecule has 1 aliphatic heterocycles. The number of likely N-dealkylation sites (tertiary alicyclic amines) is 1. The predicted octanol–water partition coefficient (Wildman–Crippen LogP) is 0.280.